The highest BCUT2D eigenvalue weighted by atomic mass is 35.5. The lowest BCUT2D eigenvalue weighted by molar-refractivity contribution is 0.0242. The van der Waals surface area contributed by atoms with E-state index < -0.39 is 6.10 Å². The third-order valence-corrected chi connectivity index (χ3v) is 8.16. The molecule has 0 saturated heterocycles. The van der Waals surface area contributed by atoms with Crippen molar-refractivity contribution in [3.05, 3.63) is 46.4 Å². The summed E-state index contributed by atoms with van der Waals surface area (Å²) >= 11 is 12.6. The van der Waals surface area contributed by atoms with Crippen LogP contribution >= 0.6 is 23.2 Å². The summed E-state index contributed by atoms with van der Waals surface area (Å²) in [5, 5.41) is 15.0. The quantitative estimate of drug-likeness (QED) is 0.403. The summed E-state index contributed by atoms with van der Waals surface area (Å²) in [6.45, 7) is 1.34. The van der Waals surface area contributed by atoms with Crippen molar-refractivity contribution in [1.82, 2.24) is 9.47 Å². The minimum absolute atomic E-state index is 0.413. The number of hydrogen-bond acceptors (Lipinski definition) is 2. The predicted molar refractivity (Wildman–Crippen MR) is 136 cm³/mol. The van der Waals surface area contributed by atoms with E-state index in [1.165, 1.54) is 64.2 Å². The Morgan fingerprint density at radius 1 is 0.781 bits per heavy atom. The standard InChI is InChI=1S/C27H34Cl2N2O/c28-19-11-13-26-24(15-19)25-16-20(29)12-14-27(25)31(26)18-23(32)17-30(21-7-3-1-4-8-21)22-9-5-2-6-10-22/h11-16,21-23,32H,1-10,17-18H2. The van der Waals surface area contributed by atoms with Gasteiger partial charge in [0.05, 0.1) is 12.6 Å². The van der Waals surface area contributed by atoms with Gasteiger partial charge in [0.2, 0.25) is 0 Å². The van der Waals surface area contributed by atoms with E-state index in [1.54, 1.807) is 0 Å². The molecule has 0 amide bonds. The SMILES string of the molecule is OC(CN(C1CCCCC1)C1CCCCC1)Cn1c2ccc(Cl)cc2c2cc(Cl)ccc21. The first-order valence-electron chi connectivity index (χ1n) is 12.4. The van der Waals surface area contributed by atoms with Crippen LogP contribution in [0.25, 0.3) is 21.8 Å². The van der Waals surface area contributed by atoms with Crippen molar-refractivity contribution in [2.24, 2.45) is 0 Å². The van der Waals surface area contributed by atoms with Gasteiger partial charge in [0, 0.05) is 50.5 Å². The molecule has 5 rings (SSSR count). The van der Waals surface area contributed by atoms with E-state index in [-0.39, 0.29) is 0 Å². The van der Waals surface area contributed by atoms with Crippen molar-refractivity contribution in [2.45, 2.75) is 88.9 Å². The maximum atomic E-state index is 11.4. The lowest BCUT2D eigenvalue weighted by Gasteiger charge is -2.42. The fourth-order valence-corrected chi connectivity index (χ4v) is 6.52. The maximum absolute atomic E-state index is 11.4. The van der Waals surface area contributed by atoms with Gasteiger partial charge in [0.15, 0.2) is 0 Å². The molecule has 0 aliphatic heterocycles. The van der Waals surface area contributed by atoms with Gasteiger partial charge in [0.25, 0.3) is 0 Å². The van der Waals surface area contributed by atoms with Crippen molar-refractivity contribution in [3.8, 4) is 0 Å². The average molecular weight is 473 g/mol. The average Bonchev–Trinajstić information content (AvgIpc) is 3.10. The highest BCUT2D eigenvalue weighted by molar-refractivity contribution is 6.33. The van der Waals surface area contributed by atoms with Crippen LogP contribution in [0.15, 0.2) is 36.4 Å². The van der Waals surface area contributed by atoms with Gasteiger partial charge in [-0.25, -0.2) is 0 Å². The van der Waals surface area contributed by atoms with Gasteiger partial charge in [0.1, 0.15) is 0 Å². The molecule has 172 valence electrons. The van der Waals surface area contributed by atoms with Gasteiger partial charge in [-0.1, -0.05) is 61.7 Å². The second-order valence-corrected chi connectivity index (χ2v) is 10.7. The molecule has 1 atom stereocenters. The fourth-order valence-electron chi connectivity index (χ4n) is 6.18. The first-order chi connectivity index (χ1) is 15.6. The second-order valence-electron chi connectivity index (χ2n) is 9.87. The van der Waals surface area contributed by atoms with Crippen molar-refractivity contribution >= 4 is 45.0 Å². The van der Waals surface area contributed by atoms with E-state index >= 15 is 0 Å². The molecule has 1 aromatic heterocycles. The van der Waals surface area contributed by atoms with Crippen LogP contribution in [0.4, 0.5) is 0 Å². The third kappa shape index (κ3) is 4.68. The smallest absolute Gasteiger partial charge is 0.0846 e. The molecule has 2 aliphatic carbocycles. The van der Waals surface area contributed by atoms with Gasteiger partial charge in [-0.05, 0) is 62.1 Å². The zero-order chi connectivity index (χ0) is 22.1. The van der Waals surface area contributed by atoms with E-state index in [4.69, 9.17) is 23.2 Å². The van der Waals surface area contributed by atoms with Crippen LogP contribution < -0.4 is 0 Å². The van der Waals surface area contributed by atoms with Gasteiger partial charge in [-0.3, -0.25) is 4.90 Å². The van der Waals surface area contributed by atoms with E-state index in [2.05, 4.69) is 21.6 Å². The Labute approximate surface area is 201 Å². The molecule has 3 nitrogen and oxygen atoms in total. The fraction of sp³-hybridized carbons (Fsp3) is 0.556. The summed E-state index contributed by atoms with van der Waals surface area (Å²) in [6, 6.07) is 13.3. The van der Waals surface area contributed by atoms with Crippen molar-refractivity contribution in [3.63, 3.8) is 0 Å². The van der Waals surface area contributed by atoms with Crippen LogP contribution in [-0.2, 0) is 6.54 Å². The maximum Gasteiger partial charge on any atom is 0.0846 e. The molecular formula is C27H34Cl2N2O. The van der Waals surface area contributed by atoms with Gasteiger partial charge < -0.3 is 9.67 Å². The topological polar surface area (TPSA) is 28.4 Å². The second kappa shape index (κ2) is 9.93. The number of hydrogen-bond donors (Lipinski definition) is 1. The predicted octanol–water partition coefficient (Wildman–Crippen LogP) is 7.43. The first-order valence-corrected chi connectivity index (χ1v) is 13.2. The molecule has 5 heteroatoms. The Kier molecular flexibility index (Phi) is 6.99. The first kappa shape index (κ1) is 22.5. The summed E-state index contributed by atoms with van der Waals surface area (Å²) in [4.78, 5) is 2.70. The minimum Gasteiger partial charge on any atom is -0.390 e. The molecule has 0 radical (unpaired) electrons. The molecular weight excluding hydrogens is 439 g/mol. The minimum atomic E-state index is -0.413. The number of fused-ring (bicyclic) bond motifs is 3. The molecule has 1 heterocycles. The number of rotatable bonds is 6. The normalized spacial score (nSPS) is 19.9. The number of nitrogens with zero attached hydrogens (tertiary/aromatic N) is 2. The van der Waals surface area contributed by atoms with Crippen LogP contribution in [0.2, 0.25) is 10.0 Å². The molecule has 1 unspecified atom stereocenters. The van der Waals surface area contributed by atoms with E-state index in [1.807, 2.05) is 24.3 Å². The van der Waals surface area contributed by atoms with E-state index in [0.29, 0.717) is 18.6 Å². The summed E-state index contributed by atoms with van der Waals surface area (Å²) in [5.74, 6) is 0. The van der Waals surface area contributed by atoms with Crippen LogP contribution in [0.5, 0.6) is 0 Å². The Bertz CT molecular complexity index is 989. The Morgan fingerprint density at radius 2 is 1.25 bits per heavy atom. The Morgan fingerprint density at radius 3 is 1.72 bits per heavy atom. The molecule has 32 heavy (non-hydrogen) atoms. The zero-order valence-electron chi connectivity index (χ0n) is 18.8. The summed E-state index contributed by atoms with van der Waals surface area (Å²) in [7, 11) is 0. The van der Waals surface area contributed by atoms with Gasteiger partial charge in [-0.2, -0.15) is 0 Å². The van der Waals surface area contributed by atoms with Crippen molar-refractivity contribution < 1.29 is 5.11 Å². The number of aromatic nitrogens is 1. The largest absolute Gasteiger partial charge is 0.390 e. The Hall–Kier alpha value is -1.26. The molecule has 2 fully saturated rings. The summed E-state index contributed by atoms with van der Waals surface area (Å²) in [5.41, 5.74) is 2.21. The third-order valence-electron chi connectivity index (χ3n) is 7.69. The van der Waals surface area contributed by atoms with Gasteiger partial charge >= 0.3 is 0 Å². The molecule has 0 spiro atoms. The lowest BCUT2D eigenvalue weighted by Crippen LogP contribution is -2.49. The molecule has 2 saturated carbocycles. The lowest BCUT2D eigenvalue weighted by atomic mass is 9.88. The van der Waals surface area contributed by atoms with Crippen LogP contribution in [0.3, 0.4) is 0 Å². The highest BCUT2D eigenvalue weighted by Gasteiger charge is 2.30. The molecule has 3 aromatic rings. The highest BCUT2D eigenvalue weighted by Crippen LogP contribution is 2.34. The summed E-state index contributed by atoms with van der Waals surface area (Å²) < 4.78 is 2.25. The summed E-state index contributed by atoms with van der Waals surface area (Å²) in [6.07, 6.45) is 12.8. The van der Waals surface area contributed by atoms with E-state index in [9.17, 15) is 5.11 Å². The molecule has 2 aromatic carbocycles. The number of aliphatic hydroxyl groups is 1. The van der Waals surface area contributed by atoms with Gasteiger partial charge in [-0.15, -0.1) is 0 Å². The van der Waals surface area contributed by atoms with E-state index in [0.717, 1.165) is 38.4 Å². The number of halogens is 2. The van der Waals surface area contributed by atoms with Crippen LogP contribution in [-0.4, -0.2) is 39.3 Å². The molecule has 1 N–H and O–H groups in total. The van der Waals surface area contributed by atoms with Crippen molar-refractivity contribution in [1.29, 1.82) is 0 Å². The van der Waals surface area contributed by atoms with Crippen LogP contribution in [0.1, 0.15) is 64.2 Å². The number of benzene rings is 2. The molecule has 2 aliphatic rings. The number of aliphatic hydroxyl groups excluding tert-OH is 1. The van der Waals surface area contributed by atoms with Crippen molar-refractivity contribution in [2.75, 3.05) is 6.54 Å². The Balaban J connectivity index is 1.43. The molecule has 0 bridgehead atoms. The zero-order valence-corrected chi connectivity index (χ0v) is 20.3. The monoisotopic (exact) mass is 472 g/mol. The van der Waals surface area contributed by atoms with Crippen LogP contribution in [0, 0.1) is 0 Å².